The molecule has 0 bridgehead atoms. The molecule has 1 aliphatic carbocycles. The fourth-order valence-electron chi connectivity index (χ4n) is 5.83. The number of hydrogen-bond donors (Lipinski definition) is 0. The lowest BCUT2D eigenvalue weighted by molar-refractivity contribution is 0.125. The molecule has 3 heteroatoms. The summed E-state index contributed by atoms with van der Waals surface area (Å²) in [7, 11) is 0. The van der Waals surface area contributed by atoms with E-state index < -0.39 is 0 Å². The van der Waals surface area contributed by atoms with Crippen LogP contribution < -0.4 is 0 Å². The van der Waals surface area contributed by atoms with E-state index >= 15 is 0 Å². The third kappa shape index (κ3) is 2.64. The molecular formula is C31H30N2O. The van der Waals surface area contributed by atoms with Crippen molar-refractivity contribution in [1.29, 1.82) is 0 Å². The van der Waals surface area contributed by atoms with E-state index in [2.05, 4.69) is 82.9 Å². The van der Waals surface area contributed by atoms with Crippen LogP contribution in [0, 0.1) is 5.41 Å². The summed E-state index contributed by atoms with van der Waals surface area (Å²) in [5.74, 6) is 0. The van der Waals surface area contributed by atoms with Crippen LogP contribution in [0.5, 0.6) is 0 Å². The summed E-state index contributed by atoms with van der Waals surface area (Å²) in [5, 5.41) is 2.12. The van der Waals surface area contributed by atoms with Crippen molar-refractivity contribution in [2.45, 2.75) is 52.4 Å². The van der Waals surface area contributed by atoms with Gasteiger partial charge in [-0.1, -0.05) is 77.9 Å². The standard InChI is InChI=1S/C31H30N2O/c1-29(2)23-13-11-19(17-24(23)30(3,4)31(29,5)6)25-14-12-20(18-33-25)21-15-16-32-28-27(21)22-9-7-8-10-26(22)34-28/h7-18H,1-6H3. The number of fused-ring (bicyclic) bond motifs is 4. The van der Waals surface area contributed by atoms with Gasteiger partial charge in [-0.3, -0.25) is 4.98 Å². The molecule has 0 aliphatic heterocycles. The minimum Gasteiger partial charge on any atom is -0.438 e. The van der Waals surface area contributed by atoms with Crippen molar-refractivity contribution in [1.82, 2.24) is 9.97 Å². The third-order valence-corrected chi connectivity index (χ3v) is 9.14. The van der Waals surface area contributed by atoms with Gasteiger partial charge in [0, 0.05) is 28.9 Å². The Balaban J connectivity index is 1.44. The van der Waals surface area contributed by atoms with Crippen LogP contribution in [0.1, 0.15) is 52.7 Å². The molecule has 3 aromatic heterocycles. The normalized spacial score (nSPS) is 17.8. The molecule has 0 unspecified atom stereocenters. The molecule has 0 saturated heterocycles. The summed E-state index contributed by atoms with van der Waals surface area (Å²) < 4.78 is 5.97. The van der Waals surface area contributed by atoms with Gasteiger partial charge in [-0.05, 0) is 57.2 Å². The van der Waals surface area contributed by atoms with Gasteiger partial charge in [0.1, 0.15) is 5.58 Å². The molecule has 3 heterocycles. The molecule has 0 amide bonds. The van der Waals surface area contributed by atoms with Crippen LogP contribution >= 0.6 is 0 Å². The second kappa shape index (κ2) is 6.79. The smallest absolute Gasteiger partial charge is 0.227 e. The highest BCUT2D eigenvalue weighted by molar-refractivity contribution is 6.11. The summed E-state index contributed by atoms with van der Waals surface area (Å²) in [6, 6.07) is 21.3. The van der Waals surface area contributed by atoms with E-state index in [0.717, 1.165) is 33.2 Å². The summed E-state index contributed by atoms with van der Waals surface area (Å²) >= 11 is 0. The fraction of sp³-hybridized carbons (Fsp3) is 0.290. The van der Waals surface area contributed by atoms with Crippen molar-refractivity contribution in [3.8, 4) is 22.4 Å². The number of benzene rings is 2. The van der Waals surface area contributed by atoms with Gasteiger partial charge in [-0.2, -0.15) is 0 Å². The third-order valence-electron chi connectivity index (χ3n) is 9.14. The predicted octanol–water partition coefficient (Wildman–Crippen LogP) is 8.31. The Labute approximate surface area is 200 Å². The Bertz CT molecular complexity index is 1570. The topological polar surface area (TPSA) is 38.9 Å². The van der Waals surface area contributed by atoms with E-state index in [9.17, 15) is 0 Å². The summed E-state index contributed by atoms with van der Waals surface area (Å²) in [6.07, 6.45) is 3.78. The monoisotopic (exact) mass is 446 g/mol. The zero-order valence-electron chi connectivity index (χ0n) is 20.7. The first-order chi connectivity index (χ1) is 16.1. The Morgan fingerprint density at radius 3 is 2.21 bits per heavy atom. The van der Waals surface area contributed by atoms with Crippen LogP contribution in [0.4, 0.5) is 0 Å². The van der Waals surface area contributed by atoms with E-state index in [4.69, 9.17) is 9.40 Å². The summed E-state index contributed by atoms with van der Waals surface area (Å²) in [4.78, 5) is 9.34. The van der Waals surface area contributed by atoms with Crippen LogP contribution in [0.2, 0.25) is 0 Å². The molecule has 0 radical (unpaired) electrons. The van der Waals surface area contributed by atoms with Gasteiger partial charge in [0.25, 0.3) is 0 Å². The minimum absolute atomic E-state index is 0.0762. The van der Waals surface area contributed by atoms with E-state index in [0.29, 0.717) is 5.71 Å². The van der Waals surface area contributed by atoms with Crippen molar-refractivity contribution in [2.75, 3.05) is 0 Å². The zero-order valence-corrected chi connectivity index (χ0v) is 20.7. The minimum atomic E-state index is 0.0762. The first-order valence-corrected chi connectivity index (χ1v) is 12.0. The number of para-hydroxylation sites is 1. The Morgan fingerprint density at radius 2 is 1.44 bits per heavy atom. The Hall–Kier alpha value is -3.46. The average molecular weight is 447 g/mol. The highest BCUT2D eigenvalue weighted by Gasteiger charge is 2.56. The first kappa shape index (κ1) is 21.1. The molecule has 5 aromatic rings. The number of pyridine rings is 2. The largest absolute Gasteiger partial charge is 0.438 e. The van der Waals surface area contributed by atoms with Crippen LogP contribution in [0.3, 0.4) is 0 Å². The Morgan fingerprint density at radius 1 is 0.706 bits per heavy atom. The lowest BCUT2D eigenvalue weighted by Crippen LogP contribution is -2.42. The number of hydrogen-bond acceptors (Lipinski definition) is 3. The van der Waals surface area contributed by atoms with Gasteiger partial charge in [0.2, 0.25) is 5.71 Å². The van der Waals surface area contributed by atoms with Crippen LogP contribution in [0.25, 0.3) is 44.5 Å². The van der Waals surface area contributed by atoms with Crippen molar-refractivity contribution in [3.63, 3.8) is 0 Å². The maximum absolute atomic E-state index is 5.97. The number of nitrogens with zero attached hydrogens (tertiary/aromatic N) is 2. The molecule has 0 atom stereocenters. The SMILES string of the molecule is CC1(C)c2ccc(-c3ccc(-c4ccnc5oc6ccccc6c45)cn3)cc2C(C)(C)C1(C)C. The molecular weight excluding hydrogens is 416 g/mol. The van der Waals surface area contributed by atoms with E-state index in [-0.39, 0.29) is 16.2 Å². The lowest BCUT2D eigenvalue weighted by Gasteiger charge is -2.44. The zero-order chi connectivity index (χ0) is 23.9. The maximum atomic E-state index is 5.97. The van der Waals surface area contributed by atoms with Gasteiger partial charge in [-0.15, -0.1) is 0 Å². The Kier molecular flexibility index (Phi) is 4.21. The number of aromatic nitrogens is 2. The van der Waals surface area contributed by atoms with Crippen LogP contribution in [-0.4, -0.2) is 9.97 Å². The molecule has 170 valence electrons. The molecule has 2 aromatic carbocycles. The van der Waals surface area contributed by atoms with Gasteiger partial charge in [0.15, 0.2) is 0 Å². The first-order valence-electron chi connectivity index (χ1n) is 12.0. The van der Waals surface area contributed by atoms with Gasteiger partial charge in [0.05, 0.1) is 11.1 Å². The van der Waals surface area contributed by atoms with Gasteiger partial charge >= 0.3 is 0 Å². The van der Waals surface area contributed by atoms with Crippen molar-refractivity contribution in [3.05, 3.63) is 84.2 Å². The van der Waals surface area contributed by atoms with Crippen LogP contribution in [-0.2, 0) is 10.8 Å². The lowest BCUT2D eigenvalue weighted by atomic mass is 9.59. The van der Waals surface area contributed by atoms with Crippen molar-refractivity contribution < 1.29 is 4.42 Å². The highest BCUT2D eigenvalue weighted by Crippen LogP contribution is 2.61. The van der Waals surface area contributed by atoms with Crippen LogP contribution in [0.15, 0.2) is 77.5 Å². The molecule has 0 fully saturated rings. The fourth-order valence-corrected chi connectivity index (χ4v) is 5.83. The quantitative estimate of drug-likeness (QED) is 0.274. The number of furan rings is 1. The molecule has 3 nitrogen and oxygen atoms in total. The molecule has 0 N–H and O–H groups in total. The van der Waals surface area contributed by atoms with E-state index in [1.165, 1.54) is 16.7 Å². The van der Waals surface area contributed by atoms with Crippen molar-refractivity contribution in [2.24, 2.45) is 5.41 Å². The van der Waals surface area contributed by atoms with Gasteiger partial charge < -0.3 is 4.42 Å². The predicted molar refractivity (Wildman–Crippen MR) is 140 cm³/mol. The van der Waals surface area contributed by atoms with E-state index in [1.54, 1.807) is 6.20 Å². The van der Waals surface area contributed by atoms with Crippen molar-refractivity contribution >= 4 is 22.1 Å². The summed E-state index contributed by atoms with van der Waals surface area (Å²) in [6.45, 7) is 14.3. The van der Waals surface area contributed by atoms with Gasteiger partial charge in [-0.25, -0.2) is 4.98 Å². The second-order valence-corrected chi connectivity index (χ2v) is 11.2. The average Bonchev–Trinajstić information content (AvgIpc) is 3.26. The summed E-state index contributed by atoms with van der Waals surface area (Å²) in [5.41, 5.74) is 9.06. The number of rotatable bonds is 2. The molecule has 0 saturated carbocycles. The molecule has 0 spiro atoms. The maximum Gasteiger partial charge on any atom is 0.227 e. The molecule has 1 aliphatic rings. The highest BCUT2D eigenvalue weighted by atomic mass is 16.3. The van der Waals surface area contributed by atoms with E-state index in [1.807, 2.05) is 30.5 Å². The molecule has 6 rings (SSSR count). The molecule has 34 heavy (non-hydrogen) atoms. The second-order valence-electron chi connectivity index (χ2n) is 11.2.